The second kappa shape index (κ2) is 7.48. The van der Waals surface area contributed by atoms with Gasteiger partial charge in [0, 0.05) is 20.3 Å². The molecule has 0 saturated carbocycles. The Morgan fingerprint density at radius 3 is 2.48 bits per heavy atom. The van der Waals surface area contributed by atoms with Gasteiger partial charge < -0.3 is 9.84 Å². The molecule has 2 aromatic carbocycles. The fraction of sp³-hybridized carbons (Fsp3) is 0.143. The number of aryl methyl sites for hydroxylation is 2. The first-order valence-corrected chi connectivity index (χ1v) is 9.24. The molecular formula is C21H19N5O5. The van der Waals surface area contributed by atoms with E-state index in [-0.39, 0.29) is 16.9 Å². The highest BCUT2D eigenvalue weighted by Crippen LogP contribution is 2.25. The lowest BCUT2D eigenvalue weighted by atomic mass is 10.2. The predicted octanol–water partition coefficient (Wildman–Crippen LogP) is 1.18. The van der Waals surface area contributed by atoms with Crippen molar-refractivity contribution >= 4 is 22.9 Å². The van der Waals surface area contributed by atoms with Crippen LogP contribution >= 0.6 is 0 Å². The minimum absolute atomic E-state index is 0.172. The Balaban J connectivity index is 1.84. The summed E-state index contributed by atoms with van der Waals surface area (Å²) >= 11 is 0. The molecule has 2 heterocycles. The maximum Gasteiger partial charge on any atom is 0.335 e. The number of para-hydroxylation sites is 2. The number of hydrogen-bond donors (Lipinski definition) is 2. The second-order valence-corrected chi connectivity index (χ2v) is 6.84. The van der Waals surface area contributed by atoms with Gasteiger partial charge in [-0.2, -0.15) is 0 Å². The Hall–Kier alpha value is -4.34. The second-order valence-electron chi connectivity index (χ2n) is 6.84. The number of aromatic nitrogens is 4. The number of hydrogen-bond acceptors (Lipinski definition) is 6. The van der Waals surface area contributed by atoms with E-state index in [0.717, 1.165) is 10.1 Å². The van der Waals surface area contributed by atoms with E-state index in [4.69, 9.17) is 4.74 Å². The third-order valence-electron chi connectivity index (χ3n) is 5.05. The minimum Gasteiger partial charge on any atom is -0.495 e. The lowest BCUT2D eigenvalue weighted by Gasteiger charge is -2.12. The standard InChI is InChI=1S/C21H19N5O5/c1-24-14-9-8-12(10-16(14)25(2)21(24)30)22-11-13-18(27)23-20(29)26(19(13)28)15-6-4-5-7-17(15)31-3/h4-11,28H,1-3H3,(H,23,27,29). The minimum atomic E-state index is -0.815. The lowest BCUT2D eigenvalue weighted by Crippen LogP contribution is -2.31. The molecule has 158 valence electrons. The number of aromatic amines is 1. The molecule has 2 N–H and O–H groups in total. The molecule has 0 aliphatic rings. The largest absolute Gasteiger partial charge is 0.495 e. The number of imidazole rings is 1. The predicted molar refractivity (Wildman–Crippen MR) is 116 cm³/mol. The van der Waals surface area contributed by atoms with Gasteiger partial charge in [-0.1, -0.05) is 12.1 Å². The summed E-state index contributed by atoms with van der Waals surface area (Å²) < 4.78 is 9.19. The number of rotatable bonds is 4. The molecule has 10 nitrogen and oxygen atoms in total. The van der Waals surface area contributed by atoms with Gasteiger partial charge in [-0.3, -0.25) is 23.9 Å². The molecule has 0 fully saturated rings. The Morgan fingerprint density at radius 1 is 1.03 bits per heavy atom. The molecule has 0 radical (unpaired) electrons. The van der Waals surface area contributed by atoms with Gasteiger partial charge in [-0.05, 0) is 30.3 Å². The summed E-state index contributed by atoms with van der Waals surface area (Å²) in [6, 6.07) is 11.7. The quantitative estimate of drug-likeness (QED) is 0.479. The maximum atomic E-state index is 12.4. The topological polar surface area (TPSA) is 124 Å². The average Bonchev–Trinajstić information content (AvgIpc) is 2.97. The molecule has 0 atom stereocenters. The van der Waals surface area contributed by atoms with E-state index in [9.17, 15) is 19.5 Å². The third kappa shape index (κ3) is 3.23. The monoisotopic (exact) mass is 421 g/mol. The van der Waals surface area contributed by atoms with Crippen LogP contribution in [0, 0.1) is 0 Å². The number of benzene rings is 2. The summed E-state index contributed by atoms with van der Waals surface area (Å²) in [5.74, 6) is -0.236. The number of aliphatic imine (C=N–C) groups is 1. The van der Waals surface area contributed by atoms with E-state index in [0.29, 0.717) is 17.0 Å². The molecule has 10 heteroatoms. The smallest absolute Gasteiger partial charge is 0.335 e. The summed E-state index contributed by atoms with van der Waals surface area (Å²) in [6.07, 6.45) is 1.17. The van der Waals surface area contributed by atoms with Crippen LogP contribution in [0.2, 0.25) is 0 Å². The van der Waals surface area contributed by atoms with Crippen molar-refractivity contribution in [1.82, 2.24) is 18.7 Å². The van der Waals surface area contributed by atoms with Crippen LogP contribution in [0.15, 0.2) is 61.8 Å². The van der Waals surface area contributed by atoms with Gasteiger partial charge in [0.15, 0.2) is 0 Å². The summed E-state index contributed by atoms with van der Waals surface area (Å²) in [7, 11) is 4.76. The van der Waals surface area contributed by atoms with Crippen molar-refractivity contribution in [2.75, 3.05) is 7.11 Å². The lowest BCUT2D eigenvalue weighted by molar-refractivity contribution is 0.401. The van der Waals surface area contributed by atoms with Crippen LogP contribution in [0.4, 0.5) is 5.69 Å². The highest BCUT2D eigenvalue weighted by atomic mass is 16.5. The van der Waals surface area contributed by atoms with E-state index in [1.165, 1.54) is 22.5 Å². The SMILES string of the molecule is COc1ccccc1-n1c(O)c(C=Nc2ccc3c(c2)n(C)c(=O)n3C)c(=O)[nH]c1=O. The van der Waals surface area contributed by atoms with Crippen LogP contribution in [0.5, 0.6) is 11.6 Å². The van der Waals surface area contributed by atoms with Crippen molar-refractivity contribution in [3.63, 3.8) is 0 Å². The molecular weight excluding hydrogens is 402 g/mol. The molecule has 0 aliphatic heterocycles. The number of ether oxygens (including phenoxy) is 1. The number of H-pyrrole nitrogens is 1. The van der Waals surface area contributed by atoms with Gasteiger partial charge >= 0.3 is 11.4 Å². The Morgan fingerprint density at radius 2 is 1.74 bits per heavy atom. The van der Waals surface area contributed by atoms with Gasteiger partial charge in [-0.15, -0.1) is 0 Å². The zero-order valence-corrected chi connectivity index (χ0v) is 17.0. The Bertz CT molecular complexity index is 1520. The third-order valence-corrected chi connectivity index (χ3v) is 5.05. The number of aromatic hydroxyl groups is 1. The van der Waals surface area contributed by atoms with Crippen molar-refractivity contribution in [2.24, 2.45) is 19.1 Å². The fourth-order valence-electron chi connectivity index (χ4n) is 3.41. The first kappa shape index (κ1) is 20.0. The molecule has 0 unspecified atom stereocenters. The van der Waals surface area contributed by atoms with Crippen molar-refractivity contribution < 1.29 is 9.84 Å². The number of nitrogens with zero attached hydrogens (tertiary/aromatic N) is 4. The van der Waals surface area contributed by atoms with Crippen LogP contribution in [-0.4, -0.2) is 37.1 Å². The molecule has 31 heavy (non-hydrogen) atoms. The van der Waals surface area contributed by atoms with Crippen LogP contribution in [-0.2, 0) is 14.1 Å². The van der Waals surface area contributed by atoms with Gasteiger partial charge in [0.05, 0.1) is 29.5 Å². The van der Waals surface area contributed by atoms with Crippen molar-refractivity contribution in [3.8, 4) is 17.3 Å². The van der Waals surface area contributed by atoms with Crippen LogP contribution in [0.3, 0.4) is 0 Å². The van der Waals surface area contributed by atoms with E-state index < -0.39 is 17.1 Å². The van der Waals surface area contributed by atoms with Crippen molar-refractivity contribution in [2.45, 2.75) is 0 Å². The van der Waals surface area contributed by atoms with Crippen LogP contribution in [0.1, 0.15) is 5.56 Å². The van der Waals surface area contributed by atoms with Gasteiger partial charge in [-0.25, -0.2) is 14.2 Å². The highest BCUT2D eigenvalue weighted by molar-refractivity contribution is 5.86. The summed E-state index contributed by atoms with van der Waals surface area (Å²) in [5.41, 5.74) is 0.148. The summed E-state index contributed by atoms with van der Waals surface area (Å²) in [6.45, 7) is 0. The van der Waals surface area contributed by atoms with E-state index >= 15 is 0 Å². The number of nitrogens with one attached hydrogen (secondary N) is 1. The van der Waals surface area contributed by atoms with Gasteiger partial charge in [0.1, 0.15) is 11.3 Å². The van der Waals surface area contributed by atoms with Crippen LogP contribution < -0.4 is 21.7 Å². The molecule has 2 aromatic heterocycles. The van der Waals surface area contributed by atoms with Gasteiger partial charge in [0.25, 0.3) is 5.56 Å². The van der Waals surface area contributed by atoms with Gasteiger partial charge in [0.2, 0.25) is 5.88 Å². The number of methoxy groups -OCH3 is 1. The Kier molecular flexibility index (Phi) is 4.82. The van der Waals surface area contributed by atoms with Crippen molar-refractivity contribution in [3.05, 3.63) is 79.4 Å². The molecule has 0 bridgehead atoms. The Labute approximate surface area is 174 Å². The highest BCUT2D eigenvalue weighted by Gasteiger charge is 2.17. The molecule has 0 aliphatic carbocycles. The molecule has 0 spiro atoms. The summed E-state index contributed by atoms with van der Waals surface area (Å²) in [4.78, 5) is 43.3. The number of fused-ring (bicyclic) bond motifs is 1. The molecule has 4 rings (SSSR count). The molecule has 4 aromatic rings. The normalized spacial score (nSPS) is 11.5. The molecule has 0 amide bonds. The fourth-order valence-corrected chi connectivity index (χ4v) is 3.41. The zero-order chi connectivity index (χ0) is 22.3. The van der Waals surface area contributed by atoms with E-state index in [2.05, 4.69) is 9.98 Å². The molecule has 0 saturated heterocycles. The average molecular weight is 421 g/mol. The summed E-state index contributed by atoms with van der Waals surface area (Å²) in [5, 5.41) is 10.7. The first-order valence-electron chi connectivity index (χ1n) is 9.24. The maximum absolute atomic E-state index is 12.4. The first-order chi connectivity index (χ1) is 14.8. The van der Waals surface area contributed by atoms with Crippen LogP contribution in [0.25, 0.3) is 16.7 Å². The zero-order valence-electron chi connectivity index (χ0n) is 17.0. The van der Waals surface area contributed by atoms with E-state index in [1.54, 1.807) is 56.6 Å². The van der Waals surface area contributed by atoms with Crippen molar-refractivity contribution in [1.29, 1.82) is 0 Å². The van der Waals surface area contributed by atoms with E-state index in [1.807, 2.05) is 0 Å².